The predicted molar refractivity (Wildman–Crippen MR) is 45.1 cm³/mol. The van der Waals surface area contributed by atoms with Crippen LogP contribution in [0, 0.1) is 11.8 Å². The van der Waals surface area contributed by atoms with Gasteiger partial charge in [-0.15, -0.1) is 0 Å². The van der Waals surface area contributed by atoms with Crippen molar-refractivity contribution in [2.24, 2.45) is 17.6 Å². The average molecular weight is 159 g/mol. The Kier molecular flexibility index (Phi) is 3.31. The highest BCUT2D eigenvalue weighted by molar-refractivity contribution is 4.80. The van der Waals surface area contributed by atoms with E-state index >= 15 is 0 Å². The maximum absolute atomic E-state index is 13.0. The summed E-state index contributed by atoms with van der Waals surface area (Å²) in [6.07, 6.45) is 3.93. The molecule has 2 N–H and O–H groups in total. The van der Waals surface area contributed by atoms with Crippen molar-refractivity contribution in [3.05, 3.63) is 0 Å². The van der Waals surface area contributed by atoms with Gasteiger partial charge in [-0.25, -0.2) is 4.39 Å². The minimum Gasteiger partial charge on any atom is -0.330 e. The Bertz CT molecular complexity index is 110. The molecule has 0 aromatic rings. The van der Waals surface area contributed by atoms with Crippen molar-refractivity contribution in [1.29, 1.82) is 0 Å². The molecular formula is C9H18FN. The van der Waals surface area contributed by atoms with E-state index in [0.717, 1.165) is 6.42 Å². The van der Waals surface area contributed by atoms with Gasteiger partial charge in [0, 0.05) is 0 Å². The lowest BCUT2D eigenvalue weighted by molar-refractivity contribution is 0.113. The van der Waals surface area contributed by atoms with E-state index in [-0.39, 0.29) is 5.92 Å². The average Bonchev–Trinajstić information content (AvgIpc) is 1.82. The molecule has 2 atom stereocenters. The summed E-state index contributed by atoms with van der Waals surface area (Å²) in [7, 11) is 0. The van der Waals surface area contributed by atoms with Crippen LogP contribution in [0.1, 0.15) is 32.6 Å². The summed E-state index contributed by atoms with van der Waals surface area (Å²) in [5, 5.41) is 0. The van der Waals surface area contributed by atoms with Gasteiger partial charge >= 0.3 is 0 Å². The minimum atomic E-state index is -0.663. The zero-order chi connectivity index (χ0) is 8.27. The summed E-state index contributed by atoms with van der Waals surface area (Å²) in [5.41, 5.74) is 5.42. The molecule has 1 aliphatic carbocycles. The molecule has 66 valence electrons. The van der Waals surface area contributed by atoms with Crippen molar-refractivity contribution >= 4 is 0 Å². The number of halogens is 1. The van der Waals surface area contributed by atoms with Crippen molar-refractivity contribution in [2.45, 2.75) is 38.8 Å². The van der Waals surface area contributed by atoms with Crippen molar-refractivity contribution in [3.63, 3.8) is 0 Å². The van der Waals surface area contributed by atoms with Crippen LogP contribution >= 0.6 is 0 Å². The number of rotatable bonds is 4. The van der Waals surface area contributed by atoms with Crippen LogP contribution in [0.2, 0.25) is 0 Å². The van der Waals surface area contributed by atoms with E-state index in [0.29, 0.717) is 12.5 Å². The molecule has 11 heavy (non-hydrogen) atoms. The Hall–Kier alpha value is -0.110. The van der Waals surface area contributed by atoms with E-state index in [2.05, 4.69) is 0 Å². The van der Waals surface area contributed by atoms with Crippen molar-refractivity contribution in [3.8, 4) is 0 Å². The normalized spacial score (nSPS) is 24.3. The van der Waals surface area contributed by atoms with Gasteiger partial charge in [0.05, 0.1) is 0 Å². The molecular weight excluding hydrogens is 141 g/mol. The largest absolute Gasteiger partial charge is 0.330 e. The Balaban J connectivity index is 2.31. The van der Waals surface area contributed by atoms with Crippen LogP contribution in [0.25, 0.3) is 0 Å². The standard InChI is InChI=1S/C9H18FN/c1-7(10)9(5-6-11)8-3-2-4-8/h7-9H,2-6,11H2,1H3. The van der Waals surface area contributed by atoms with Gasteiger partial charge in [0.2, 0.25) is 0 Å². The summed E-state index contributed by atoms with van der Waals surface area (Å²) in [6, 6.07) is 0. The molecule has 1 aliphatic rings. The second-order valence-electron chi connectivity index (χ2n) is 3.61. The quantitative estimate of drug-likeness (QED) is 0.668. The summed E-state index contributed by atoms with van der Waals surface area (Å²) in [4.78, 5) is 0. The maximum Gasteiger partial charge on any atom is 0.100 e. The molecule has 0 heterocycles. The van der Waals surface area contributed by atoms with Crippen molar-refractivity contribution in [1.82, 2.24) is 0 Å². The molecule has 1 rings (SSSR count). The molecule has 1 nitrogen and oxygen atoms in total. The van der Waals surface area contributed by atoms with E-state index in [1.807, 2.05) is 0 Å². The van der Waals surface area contributed by atoms with Gasteiger partial charge in [0.1, 0.15) is 6.17 Å². The fourth-order valence-corrected chi connectivity index (χ4v) is 1.90. The fraction of sp³-hybridized carbons (Fsp3) is 1.00. The highest BCUT2D eigenvalue weighted by atomic mass is 19.1. The van der Waals surface area contributed by atoms with Gasteiger partial charge in [-0.2, -0.15) is 0 Å². The van der Waals surface area contributed by atoms with Gasteiger partial charge in [-0.3, -0.25) is 0 Å². The lowest BCUT2D eigenvalue weighted by Crippen LogP contribution is -2.30. The Morgan fingerprint density at radius 3 is 2.45 bits per heavy atom. The zero-order valence-electron chi connectivity index (χ0n) is 7.22. The third kappa shape index (κ3) is 2.16. The molecule has 0 aromatic carbocycles. The van der Waals surface area contributed by atoms with E-state index in [4.69, 9.17) is 5.73 Å². The predicted octanol–water partition coefficient (Wildman–Crippen LogP) is 2.11. The first-order valence-corrected chi connectivity index (χ1v) is 4.60. The highest BCUT2D eigenvalue weighted by Gasteiger charge is 2.30. The van der Waals surface area contributed by atoms with Crippen LogP contribution < -0.4 is 5.73 Å². The molecule has 0 aliphatic heterocycles. The zero-order valence-corrected chi connectivity index (χ0v) is 7.22. The van der Waals surface area contributed by atoms with Crippen molar-refractivity contribution < 1.29 is 4.39 Å². The molecule has 2 heteroatoms. The second-order valence-corrected chi connectivity index (χ2v) is 3.61. The summed E-state index contributed by atoms with van der Waals surface area (Å²) >= 11 is 0. The number of alkyl halides is 1. The second kappa shape index (κ2) is 4.05. The lowest BCUT2D eigenvalue weighted by atomic mass is 9.73. The maximum atomic E-state index is 13.0. The molecule has 2 unspecified atom stereocenters. The van der Waals surface area contributed by atoms with Gasteiger partial charge in [-0.05, 0) is 31.7 Å². The topological polar surface area (TPSA) is 26.0 Å². The number of hydrogen-bond donors (Lipinski definition) is 1. The molecule has 1 saturated carbocycles. The van der Waals surface area contributed by atoms with Crippen LogP contribution in [0.3, 0.4) is 0 Å². The first-order valence-electron chi connectivity index (χ1n) is 4.60. The van der Waals surface area contributed by atoms with E-state index in [1.165, 1.54) is 19.3 Å². The molecule has 0 saturated heterocycles. The van der Waals surface area contributed by atoms with E-state index in [9.17, 15) is 4.39 Å². The van der Waals surface area contributed by atoms with Gasteiger partial charge in [0.15, 0.2) is 0 Å². The van der Waals surface area contributed by atoms with Crippen LogP contribution in [-0.4, -0.2) is 12.7 Å². The van der Waals surface area contributed by atoms with E-state index in [1.54, 1.807) is 6.92 Å². The van der Waals surface area contributed by atoms with Gasteiger partial charge in [-0.1, -0.05) is 19.3 Å². The molecule has 0 bridgehead atoms. The van der Waals surface area contributed by atoms with E-state index < -0.39 is 6.17 Å². The molecule has 0 amide bonds. The van der Waals surface area contributed by atoms with Gasteiger partial charge in [0.25, 0.3) is 0 Å². The molecule has 0 aromatic heterocycles. The summed E-state index contributed by atoms with van der Waals surface area (Å²) in [5.74, 6) is 0.882. The molecule has 0 radical (unpaired) electrons. The summed E-state index contributed by atoms with van der Waals surface area (Å²) in [6.45, 7) is 2.30. The molecule has 1 fully saturated rings. The third-order valence-electron chi connectivity index (χ3n) is 2.85. The van der Waals surface area contributed by atoms with Crippen molar-refractivity contribution in [2.75, 3.05) is 6.54 Å². The van der Waals surface area contributed by atoms with Crippen LogP contribution in [0.5, 0.6) is 0 Å². The third-order valence-corrected chi connectivity index (χ3v) is 2.85. The SMILES string of the molecule is CC(F)C(CCN)C1CCC1. The molecule has 0 spiro atoms. The number of hydrogen-bond acceptors (Lipinski definition) is 1. The Morgan fingerprint density at radius 1 is 1.55 bits per heavy atom. The van der Waals surface area contributed by atoms with Gasteiger partial charge < -0.3 is 5.73 Å². The lowest BCUT2D eigenvalue weighted by Gasteiger charge is -2.34. The number of nitrogens with two attached hydrogens (primary N) is 1. The highest BCUT2D eigenvalue weighted by Crippen LogP contribution is 2.37. The van der Waals surface area contributed by atoms with Crippen LogP contribution in [0.15, 0.2) is 0 Å². The minimum absolute atomic E-state index is 0.244. The Labute approximate surface area is 68.2 Å². The monoisotopic (exact) mass is 159 g/mol. The first kappa shape index (κ1) is 8.98. The van der Waals surface area contributed by atoms with Crippen LogP contribution in [-0.2, 0) is 0 Å². The smallest absolute Gasteiger partial charge is 0.100 e. The fourth-order valence-electron chi connectivity index (χ4n) is 1.90. The van der Waals surface area contributed by atoms with Crippen LogP contribution in [0.4, 0.5) is 4.39 Å². The summed E-state index contributed by atoms with van der Waals surface area (Å²) < 4.78 is 13.0. The Morgan fingerprint density at radius 2 is 2.18 bits per heavy atom. The first-order chi connectivity index (χ1) is 5.25.